The average molecular weight is 389 g/mol. The van der Waals surface area contributed by atoms with E-state index >= 15 is 0 Å². The molecule has 0 aliphatic carbocycles. The number of methoxy groups -OCH3 is 2. The van der Waals surface area contributed by atoms with Crippen LogP contribution in [0.1, 0.15) is 30.3 Å². The highest BCUT2D eigenvalue weighted by molar-refractivity contribution is 5.96. The highest BCUT2D eigenvalue weighted by Gasteiger charge is 2.21. The Kier molecular flexibility index (Phi) is 7.03. The van der Waals surface area contributed by atoms with Gasteiger partial charge in [0.1, 0.15) is 11.5 Å². The normalized spacial score (nSPS) is 11.6. The largest absolute Gasteiger partial charge is 0.497 e. The smallest absolute Gasteiger partial charge is 0.306 e. The number of rotatable bonds is 8. The maximum absolute atomic E-state index is 12.3. The molecule has 1 aromatic carbocycles. The molecule has 0 spiro atoms. The molecule has 0 saturated heterocycles. The molecule has 28 heavy (non-hydrogen) atoms. The van der Waals surface area contributed by atoms with Gasteiger partial charge in [0.2, 0.25) is 0 Å². The van der Waals surface area contributed by atoms with Gasteiger partial charge < -0.3 is 19.5 Å². The van der Waals surface area contributed by atoms with E-state index < -0.39 is 18.0 Å². The lowest BCUT2D eigenvalue weighted by molar-refractivity contribution is -0.153. The molecule has 0 radical (unpaired) electrons. The number of aryl methyl sites for hydroxylation is 3. The minimum atomic E-state index is -0.911. The highest BCUT2D eigenvalue weighted by atomic mass is 16.5. The van der Waals surface area contributed by atoms with E-state index in [0.717, 1.165) is 11.3 Å². The summed E-state index contributed by atoms with van der Waals surface area (Å²) in [6, 6.07) is 5.43. The van der Waals surface area contributed by atoms with Crippen LogP contribution in [0.4, 0.5) is 5.69 Å². The van der Waals surface area contributed by atoms with Crippen LogP contribution < -0.4 is 14.8 Å². The number of aromatic nitrogens is 2. The number of ether oxygens (including phenoxy) is 3. The molecule has 1 aromatic heterocycles. The molecule has 2 rings (SSSR count). The van der Waals surface area contributed by atoms with Crippen LogP contribution in [0.3, 0.4) is 0 Å². The Balaban J connectivity index is 1.91. The predicted octanol–water partition coefficient (Wildman–Crippen LogP) is 2.56. The predicted molar refractivity (Wildman–Crippen MR) is 105 cm³/mol. The van der Waals surface area contributed by atoms with Gasteiger partial charge in [0.15, 0.2) is 6.10 Å². The molecule has 0 fully saturated rings. The fraction of sp³-hybridized carbons (Fsp3) is 0.450. The number of carbonyl (C=O) groups is 2. The molecule has 0 bridgehead atoms. The first-order valence-corrected chi connectivity index (χ1v) is 8.97. The zero-order valence-corrected chi connectivity index (χ0v) is 17.2. The fourth-order valence-electron chi connectivity index (χ4n) is 2.75. The molecule has 2 aromatic rings. The molecule has 0 aliphatic rings. The molecular formula is C20H27N3O5. The second kappa shape index (κ2) is 9.25. The highest BCUT2D eigenvalue weighted by Crippen LogP contribution is 2.23. The van der Waals surface area contributed by atoms with E-state index in [1.54, 1.807) is 38.9 Å². The summed E-state index contributed by atoms with van der Waals surface area (Å²) in [5.74, 6) is 0.454. The van der Waals surface area contributed by atoms with Crippen molar-refractivity contribution in [2.45, 2.75) is 39.7 Å². The second-order valence-corrected chi connectivity index (χ2v) is 6.51. The number of amides is 1. The van der Waals surface area contributed by atoms with Crippen LogP contribution in [0.5, 0.6) is 11.5 Å². The summed E-state index contributed by atoms with van der Waals surface area (Å²) in [6.07, 6.45) is -0.327. The Morgan fingerprint density at radius 3 is 2.25 bits per heavy atom. The van der Waals surface area contributed by atoms with E-state index in [9.17, 15) is 9.59 Å². The molecular weight excluding hydrogens is 362 g/mol. The zero-order valence-electron chi connectivity index (χ0n) is 17.2. The molecule has 152 valence electrons. The Morgan fingerprint density at radius 1 is 1.14 bits per heavy atom. The van der Waals surface area contributed by atoms with Crippen molar-refractivity contribution in [2.75, 3.05) is 19.5 Å². The number of nitrogens with zero attached hydrogens (tertiary/aromatic N) is 2. The van der Waals surface area contributed by atoms with Gasteiger partial charge in [0.25, 0.3) is 5.91 Å². The lowest BCUT2D eigenvalue weighted by Gasteiger charge is -2.14. The molecule has 0 unspecified atom stereocenters. The van der Waals surface area contributed by atoms with Gasteiger partial charge in [0, 0.05) is 19.5 Å². The maximum atomic E-state index is 12.3. The van der Waals surface area contributed by atoms with E-state index in [0.29, 0.717) is 29.3 Å². The molecule has 0 saturated carbocycles. The van der Waals surface area contributed by atoms with Crippen LogP contribution in [-0.4, -0.2) is 42.0 Å². The van der Waals surface area contributed by atoms with Crippen molar-refractivity contribution in [2.24, 2.45) is 7.05 Å². The lowest BCUT2D eigenvalue weighted by atomic mass is 10.1. The number of benzene rings is 1. The Labute approximate surface area is 164 Å². The van der Waals surface area contributed by atoms with Gasteiger partial charge in [0.05, 0.1) is 31.3 Å². The number of nitrogens with one attached hydrogen (secondary N) is 1. The van der Waals surface area contributed by atoms with Gasteiger partial charge in [-0.15, -0.1) is 0 Å². The second-order valence-electron chi connectivity index (χ2n) is 6.51. The third kappa shape index (κ3) is 5.25. The molecule has 1 atom stereocenters. The van der Waals surface area contributed by atoms with E-state index in [1.165, 1.54) is 0 Å². The quantitative estimate of drug-likeness (QED) is 0.698. The summed E-state index contributed by atoms with van der Waals surface area (Å²) in [6.45, 7) is 5.21. The number of anilines is 1. The van der Waals surface area contributed by atoms with Gasteiger partial charge in [-0.1, -0.05) is 0 Å². The van der Waals surface area contributed by atoms with Crippen LogP contribution >= 0.6 is 0 Å². The SMILES string of the molecule is COc1cc(CCC(=O)O[C@H](C)C(=O)Nc2c(C)nn(C)c2C)cc(OC)c1. The van der Waals surface area contributed by atoms with Gasteiger partial charge >= 0.3 is 5.97 Å². The Bertz CT molecular complexity index is 838. The molecule has 8 heteroatoms. The third-order valence-corrected chi connectivity index (χ3v) is 4.46. The zero-order chi connectivity index (χ0) is 20.8. The summed E-state index contributed by atoms with van der Waals surface area (Å²) in [7, 11) is 4.94. The minimum Gasteiger partial charge on any atom is -0.497 e. The lowest BCUT2D eigenvalue weighted by Crippen LogP contribution is -2.30. The summed E-state index contributed by atoms with van der Waals surface area (Å²) in [5.41, 5.74) is 3.06. The van der Waals surface area contributed by atoms with Crippen molar-refractivity contribution < 1.29 is 23.8 Å². The number of esters is 1. The molecule has 8 nitrogen and oxygen atoms in total. The molecule has 1 N–H and O–H groups in total. The molecule has 1 heterocycles. The first kappa shape index (κ1) is 21.3. The first-order valence-electron chi connectivity index (χ1n) is 8.97. The van der Waals surface area contributed by atoms with Crippen LogP contribution in [0.2, 0.25) is 0 Å². The van der Waals surface area contributed by atoms with E-state index in [2.05, 4.69) is 10.4 Å². The summed E-state index contributed by atoms with van der Waals surface area (Å²) in [5, 5.41) is 7.02. The first-order chi connectivity index (χ1) is 13.2. The maximum Gasteiger partial charge on any atom is 0.306 e. The van der Waals surface area contributed by atoms with Crippen molar-refractivity contribution in [3.63, 3.8) is 0 Å². The van der Waals surface area contributed by atoms with Gasteiger partial charge in [-0.2, -0.15) is 5.10 Å². The van der Waals surface area contributed by atoms with Gasteiger partial charge in [-0.25, -0.2) is 0 Å². The van der Waals surface area contributed by atoms with E-state index in [1.807, 2.05) is 26.0 Å². The Hall–Kier alpha value is -3.03. The standard InChI is InChI=1S/C20H27N3O5/c1-12-19(13(2)23(4)22-12)21-20(25)14(3)28-18(24)8-7-15-9-16(26-5)11-17(10-15)27-6/h9-11,14H,7-8H2,1-6H3,(H,21,25)/t14-/m1/s1. The average Bonchev–Trinajstić information content (AvgIpc) is 2.91. The molecule has 0 aliphatic heterocycles. The van der Waals surface area contributed by atoms with E-state index in [-0.39, 0.29) is 6.42 Å². The van der Waals surface area contributed by atoms with Crippen molar-refractivity contribution in [1.82, 2.24) is 9.78 Å². The van der Waals surface area contributed by atoms with Gasteiger partial charge in [-0.3, -0.25) is 14.3 Å². The number of carbonyl (C=O) groups excluding carboxylic acids is 2. The summed E-state index contributed by atoms with van der Waals surface area (Å²) in [4.78, 5) is 24.5. The summed E-state index contributed by atoms with van der Waals surface area (Å²) >= 11 is 0. The molecule has 1 amide bonds. The fourth-order valence-corrected chi connectivity index (χ4v) is 2.75. The van der Waals surface area contributed by atoms with Crippen LogP contribution in [0.15, 0.2) is 18.2 Å². The van der Waals surface area contributed by atoms with Crippen molar-refractivity contribution in [3.05, 3.63) is 35.2 Å². The van der Waals surface area contributed by atoms with Gasteiger partial charge in [-0.05, 0) is 44.9 Å². The van der Waals surface area contributed by atoms with Crippen molar-refractivity contribution >= 4 is 17.6 Å². The van der Waals surface area contributed by atoms with Crippen LogP contribution in [-0.2, 0) is 27.8 Å². The van der Waals surface area contributed by atoms with Crippen LogP contribution in [0, 0.1) is 13.8 Å². The van der Waals surface area contributed by atoms with E-state index in [4.69, 9.17) is 14.2 Å². The monoisotopic (exact) mass is 389 g/mol. The third-order valence-electron chi connectivity index (χ3n) is 4.46. The van der Waals surface area contributed by atoms with Crippen molar-refractivity contribution in [1.29, 1.82) is 0 Å². The van der Waals surface area contributed by atoms with Crippen LogP contribution in [0.25, 0.3) is 0 Å². The Morgan fingerprint density at radius 2 is 1.75 bits per heavy atom. The number of hydrogen-bond donors (Lipinski definition) is 1. The topological polar surface area (TPSA) is 91.7 Å². The minimum absolute atomic E-state index is 0.138. The van der Waals surface area contributed by atoms with Crippen molar-refractivity contribution in [3.8, 4) is 11.5 Å². The summed E-state index contributed by atoms with van der Waals surface area (Å²) < 4.78 is 17.4. The number of hydrogen-bond acceptors (Lipinski definition) is 6.